The molecule has 3 N–H and O–H groups in total. The first-order valence-electron chi connectivity index (χ1n) is 7.35. The van der Waals surface area contributed by atoms with Crippen LogP contribution in [0.4, 0.5) is 5.95 Å². The number of hydrogen-bond acceptors (Lipinski definition) is 4. The molecule has 0 amide bonds. The van der Waals surface area contributed by atoms with Gasteiger partial charge in [0.1, 0.15) is 0 Å². The monoisotopic (exact) mass is 288 g/mol. The van der Waals surface area contributed by atoms with Gasteiger partial charge in [-0.2, -0.15) is 0 Å². The Labute approximate surface area is 126 Å². The fourth-order valence-corrected chi connectivity index (χ4v) is 2.39. The number of piperidine rings is 1. The number of nitrogens with zero attached hydrogens (tertiary/aromatic N) is 4. The van der Waals surface area contributed by atoms with Crippen LogP contribution in [0.15, 0.2) is 35.6 Å². The largest absolute Gasteiger partial charge is 0.370 e. The molecule has 0 spiro atoms. The standard InChI is InChI=1S/C15H24N6/c1-12(2)9-19-14(16)20-10-13-5-3-8-21(11-13)15-17-6-4-7-18-15/h4,6-7,13H,1,3,5,8-11H2,2H3,(H3,16,19,20). The Morgan fingerprint density at radius 3 is 3.00 bits per heavy atom. The lowest BCUT2D eigenvalue weighted by atomic mass is 9.98. The number of anilines is 1. The van der Waals surface area contributed by atoms with Crippen molar-refractivity contribution in [3.05, 3.63) is 30.6 Å². The van der Waals surface area contributed by atoms with Gasteiger partial charge in [0.15, 0.2) is 5.96 Å². The molecule has 21 heavy (non-hydrogen) atoms. The number of nitrogens with two attached hydrogens (primary N) is 1. The van der Waals surface area contributed by atoms with Crippen molar-refractivity contribution < 1.29 is 0 Å². The van der Waals surface area contributed by atoms with E-state index in [1.165, 1.54) is 6.42 Å². The molecular weight excluding hydrogens is 264 g/mol. The van der Waals surface area contributed by atoms with E-state index in [9.17, 15) is 0 Å². The summed E-state index contributed by atoms with van der Waals surface area (Å²) < 4.78 is 0. The van der Waals surface area contributed by atoms with Crippen LogP contribution in [0.2, 0.25) is 0 Å². The van der Waals surface area contributed by atoms with Crippen molar-refractivity contribution in [1.29, 1.82) is 0 Å². The Kier molecular flexibility index (Phi) is 5.54. The zero-order chi connectivity index (χ0) is 15.1. The number of aliphatic imine (C=N–C) groups is 1. The molecule has 0 radical (unpaired) electrons. The molecule has 114 valence electrons. The van der Waals surface area contributed by atoms with Crippen LogP contribution in [0, 0.1) is 5.92 Å². The highest BCUT2D eigenvalue weighted by Gasteiger charge is 2.21. The Bertz CT molecular complexity index is 484. The molecule has 1 aliphatic rings. The molecule has 0 aromatic carbocycles. The predicted molar refractivity (Wildman–Crippen MR) is 86.3 cm³/mol. The van der Waals surface area contributed by atoms with Gasteiger partial charge in [0, 0.05) is 32.0 Å². The maximum Gasteiger partial charge on any atom is 0.225 e. The predicted octanol–water partition coefficient (Wildman–Crippen LogP) is 1.17. The summed E-state index contributed by atoms with van der Waals surface area (Å²) in [6, 6.07) is 1.84. The van der Waals surface area contributed by atoms with Gasteiger partial charge in [0.2, 0.25) is 5.95 Å². The average molecular weight is 288 g/mol. The molecule has 1 aromatic rings. The van der Waals surface area contributed by atoms with Crippen molar-refractivity contribution in [3.63, 3.8) is 0 Å². The quantitative estimate of drug-likeness (QED) is 0.483. The average Bonchev–Trinajstić information content (AvgIpc) is 2.52. The second-order valence-corrected chi connectivity index (χ2v) is 5.54. The molecule has 6 heteroatoms. The first-order chi connectivity index (χ1) is 10.1. The molecule has 0 bridgehead atoms. The van der Waals surface area contributed by atoms with Crippen molar-refractivity contribution in [3.8, 4) is 0 Å². The van der Waals surface area contributed by atoms with Gasteiger partial charge in [0.25, 0.3) is 0 Å². The van der Waals surface area contributed by atoms with Gasteiger partial charge >= 0.3 is 0 Å². The van der Waals surface area contributed by atoms with Crippen molar-refractivity contribution in [2.45, 2.75) is 19.8 Å². The van der Waals surface area contributed by atoms with Crippen LogP contribution in [0.25, 0.3) is 0 Å². The van der Waals surface area contributed by atoms with Crippen LogP contribution in [-0.4, -0.2) is 42.1 Å². The first kappa shape index (κ1) is 15.3. The van der Waals surface area contributed by atoms with E-state index < -0.39 is 0 Å². The number of aromatic nitrogens is 2. The summed E-state index contributed by atoms with van der Waals surface area (Å²) in [5.74, 6) is 1.83. The molecule has 0 saturated carbocycles. The van der Waals surface area contributed by atoms with Gasteiger partial charge in [-0.25, -0.2) is 15.0 Å². The van der Waals surface area contributed by atoms with Gasteiger partial charge in [-0.15, -0.1) is 0 Å². The molecule has 1 atom stereocenters. The highest BCUT2D eigenvalue weighted by molar-refractivity contribution is 5.77. The van der Waals surface area contributed by atoms with E-state index in [0.29, 0.717) is 18.4 Å². The first-order valence-corrected chi connectivity index (χ1v) is 7.35. The lowest BCUT2D eigenvalue weighted by Crippen LogP contribution is -2.43. The Hall–Kier alpha value is -2.11. The fourth-order valence-electron chi connectivity index (χ4n) is 2.39. The van der Waals surface area contributed by atoms with E-state index in [1.54, 1.807) is 12.4 Å². The molecule has 6 nitrogen and oxygen atoms in total. The summed E-state index contributed by atoms with van der Waals surface area (Å²) >= 11 is 0. The minimum absolute atomic E-state index is 0.492. The zero-order valence-corrected chi connectivity index (χ0v) is 12.6. The normalized spacial score (nSPS) is 19.4. The minimum atomic E-state index is 0.492. The minimum Gasteiger partial charge on any atom is -0.370 e. The molecule has 1 aromatic heterocycles. The Morgan fingerprint density at radius 2 is 2.29 bits per heavy atom. The molecule has 1 saturated heterocycles. The van der Waals surface area contributed by atoms with Crippen LogP contribution in [-0.2, 0) is 0 Å². The Morgan fingerprint density at radius 1 is 1.52 bits per heavy atom. The van der Waals surface area contributed by atoms with E-state index in [1.807, 2.05) is 13.0 Å². The molecule has 1 aliphatic heterocycles. The third-order valence-electron chi connectivity index (χ3n) is 3.45. The van der Waals surface area contributed by atoms with Gasteiger partial charge in [-0.1, -0.05) is 12.2 Å². The van der Waals surface area contributed by atoms with E-state index in [0.717, 1.165) is 37.6 Å². The molecule has 1 unspecified atom stereocenters. The summed E-state index contributed by atoms with van der Waals surface area (Å²) in [6.45, 7) is 9.12. The van der Waals surface area contributed by atoms with Crippen LogP contribution in [0.5, 0.6) is 0 Å². The summed E-state index contributed by atoms with van der Waals surface area (Å²) in [7, 11) is 0. The third-order valence-corrected chi connectivity index (χ3v) is 3.45. The summed E-state index contributed by atoms with van der Waals surface area (Å²) in [5.41, 5.74) is 6.85. The number of rotatable bonds is 5. The smallest absolute Gasteiger partial charge is 0.225 e. The third kappa shape index (κ3) is 5.06. The highest BCUT2D eigenvalue weighted by Crippen LogP contribution is 2.19. The molecular formula is C15H24N6. The van der Waals surface area contributed by atoms with E-state index in [2.05, 4.69) is 31.8 Å². The van der Waals surface area contributed by atoms with Gasteiger partial charge in [-0.05, 0) is 31.7 Å². The topological polar surface area (TPSA) is 79.4 Å². The van der Waals surface area contributed by atoms with E-state index in [-0.39, 0.29) is 0 Å². The number of guanidine groups is 1. The van der Waals surface area contributed by atoms with Gasteiger partial charge in [0.05, 0.1) is 6.54 Å². The zero-order valence-electron chi connectivity index (χ0n) is 12.6. The van der Waals surface area contributed by atoms with Crippen molar-refractivity contribution in [2.24, 2.45) is 16.6 Å². The SMILES string of the molecule is C=C(C)CN=C(N)NCC1CCCN(c2ncccn2)C1. The lowest BCUT2D eigenvalue weighted by Gasteiger charge is -2.32. The summed E-state index contributed by atoms with van der Waals surface area (Å²) in [6.07, 6.45) is 5.90. The molecule has 0 aliphatic carbocycles. The van der Waals surface area contributed by atoms with Crippen LogP contribution in [0.3, 0.4) is 0 Å². The summed E-state index contributed by atoms with van der Waals surface area (Å²) in [4.78, 5) is 15.1. The van der Waals surface area contributed by atoms with Gasteiger partial charge < -0.3 is 16.0 Å². The fraction of sp³-hybridized carbons (Fsp3) is 0.533. The molecule has 2 rings (SSSR count). The number of hydrogen-bond donors (Lipinski definition) is 2. The maximum atomic E-state index is 5.84. The molecule has 2 heterocycles. The lowest BCUT2D eigenvalue weighted by molar-refractivity contribution is 0.407. The van der Waals surface area contributed by atoms with Crippen molar-refractivity contribution in [2.75, 3.05) is 31.1 Å². The van der Waals surface area contributed by atoms with Crippen LogP contribution in [0.1, 0.15) is 19.8 Å². The Balaban J connectivity index is 1.82. The van der Waals surface area contributed by atoms with Crippen molar-refractivity contribution >= 4 is 11.9 Å². The summed E-state index contributed by atoms with van der Waals surface area (Å²) in [5, 5.41) is 3.20. The second-order valence-electron chi connectivity index (χ2n) is 5.54. The molecule has 1 fully saturated rings. The van der Waals surface area contributed by atoms with Crippen LogP contribution >= 0.6 is 0 Å². The number of nitrogens with one attached hydrogen (secondary N) is 1. The van der Waals surface area contributed by atoms with Crippen LogP contribution < -0.4 is 16.0 Å². The highest BCUT2D eigenvalue weighted by atomic mass is 15.3. The van der Waals surface area contributed by atoms with E-state index >= 15 is 0 Å². The van der Waals surface area contributed by atoms with E-state index in [4.69, 9.17) is 5.73 Å². The second kappa shape index (κ2) is 7.61. The van der Waals surface area contributed by atoms with Gasteiger partial charge in [-0.3, -0.25) is 0 Å². The maximum absolute atomic E-state index is 5.84. The van der Waals surface area contributed by atoms with Crippen molar-refractivity contribution in [1.82, 2.24) is 15.3 Å².